The van der Waals surface area contributed by atoms with Crippen molar-refractivity contribution in [3.05, 3.63) is 53.6 Å². The summed E-state index contributed by atoms with van der Waals surface area (Å²) in [6, 6.07) is 5.33. The van der Waals surface area contributed by atoms with E-state index < -0.39 is 0 Å². The first kappa shape index (κ1) is 15.9. The van der Waals surface area contributed by atoms with Crippen molar-refractivity contribution in [2.24, 2.45) is 0 Å². The van der Waals surface area contributed by atoms with Crippen molar-refractivity contribution in [2.45, 2.75) is 0 Å². The highest BCUT2D eigenvalue weighted by Crippen LogP contribution is 2.24. The third-order valence-electron chi connectivity index (χ3n) is 4.03. The van der Waals surface area contributed by atoms with Crippen LogP contribution in [0, 0.1) is 0 Å². The topological polar surface area (TPSA) is 71.8 Å². The Bertz CT molecular complexity index is 903. The zero-order chi connectivity index (χ0) is 17.2. The fourth-order valence-corrected chi connectivity index (χ4v) is 2.99. The minimum absolute atomic E-state index is 0.0271. The van der Waals surface area contributed by atoms with Crippen molar-refractivity contribution in [3.63, 3.8) is 0 Å². The van der Waals surface area contributed by atoms with Gasteiger partial charge in [-0.3, -0.25) is 4.79 Å². The minimum atomic E-state index is -0.0271. The van der Waals surface area contributed by atoms with Crippen molar-refractivity contribution in [2.75, 3.05) is 31.6 Å². The Balaban J connectivity index is 1.54. The van der Waals surface area contributed by atoms with Gasteiger partial charge in [0, 0.05) is 37.9 Å². The second-order valence-electron chi connectivity index (χ2n) is 5.69. The molecular weight excluding hydrogens is 342 g/mol. The first-order chi connectivity index (χ1) is 12.2. The summed E-state index contributed by atoms with van der Waals surface area (Å²) in [5.41, 5.74) is 2.06. The first-order valence-corrected chi connectivity index (χ1v) is 8.31. The molecule has 1 fully saturated rings. The summed E-state index contributed by atoms with van der Waals surface area (Å²) in [6.07, 6.45) is 6.89. The predicted octanol–water partition coefficient (Wildman–Crippen LogP) is 2.60. The average molecular weight is 358 g/mol. The van der Waals surface area contributed by atoms with Crippen LogP contribution < -0.4 is 5.32 Å². The highest BCUT2D eigenvalue weighted by atomic mass is 35.5. The number of halogens is 1. The summed E-state index contributed by atoms with van der Waals surface area (Å²) >= 11 is 6.13. The van der Waals surface area contributed by atoms with E-state index in [-0.39, 0.29) is 5.91 Å². The minimum Gasteiger partial charge on any atom is -0.378 e. The Morgan fingerprint density at radius 3 is 2.84 bits per heavy atom. The molecule has 1 amide bonds. The van der Waals surface area contributed by atoms with Gasteiger partial charge in [-0.2, -0.15) is 0 Å². The fraction of sp³-hybridized carbons (Fsp3) is 0.235. The second-order valence-corrected chi connectivity index (χ2v) is 6.13. The highest BCUT2D eigenvalue weighted by molar-refractivity contribution is 6.30. The van der Waals surface area contributed by atoms with Crippen LogP contribution in [-0.2, 0) is 4.74 Å². The van der Waals surface area contributed by atoms with Gasteiger partial charge < -0.3 is 19.4 Å². The molecule has 4 heterocycles. The highest BCUT2D eigenvalue weighted by Gasteiger charge is 2.18. The Hall–Kier alpha value is -2.64. The molecule has 0 aromatic carbocycles. The molecule has 1 aliphatic rings. The van der Waals surface area contributed by atoms with E-state index in [4.69, 9.17) is 16.3 Å². The van der Waals surface area contributed by atoms with Gasteiger partial charge in [-0.1, -0.05) is 11.6 Å². The van der Waals surface area contributed by atoms with Crippen LogP contribution >= 0.6 is 11.6 Å². The molecule has 7 nitrogen and oxygen atoms in total. The Labute approximate surface area is 149 Å². The fourth-order valence-electron chi connectivity index (χ4n) is 2.77. The normalized spacial score (nSPS) is 14.7. The van der Waals surface area contributed by atoms with Crippen LogP contribution in [0.3, 0.4) is 0 Å². The lowest BCUT2D eigenvalue weighted by Gasteiger charge is -2.26. The van der Waals surface area contributed by atoms with Gasteiger partial charge in [-0.15, -0.1) is 0 Å². The number of aromatic nitrogens is 3. The van der Waals surface area contributed by atoms with Crippen LogP contribution in [0.15, 0.2) is 43.0 Å². The van der Waals surface area contributed by atoms with E-state index >= 15 is 0 Å². The summed E-state index contributed by atoms with van der Waals surface area (Å²) in [5, 5.41) is 3.79. The summed E-state index contributed by atoms with van der Waals surface area (Å²) in [6.45, 7) is 2.38. The number of rotatable bonds is 3. The zero-order valence-corrected chi connectivity index (χ0v) is 14.1. The van der Waals surface area contributed by atoms with Gasteiger partial charge in [0.15, 0.2) is 5.65 Å². The van der Waals surface area contributed by atoms with E-state index in [1.807, 2.05) is 10.6 Å². The maximum Gasteiger partial charge on any atom is 0.255 e. The third-order valence-corrected chi connectivity index (χ3v) is 4.23. The SMILES string of the molecule is O=C(c1ccc(Nc2cc(Cl)cn3ccnc23)nc1)N1CCOCC1. The van der Waals surface area contributed by atoms with Crippen molar-refractivity contribution >= 4 is 34.7 Å². The van der Waals surface area contributed by atoms with Gasteiger partial charge in [0.05, 0.1) is 29.5 Å². The average Bonchev–Trinajstić information content (AvgIpc) is 3.11. The largest absolute Gasteiger partial charge is 0.378 e. The number of carbonyl (C=O) groups is 1. The van der Waals surface area contributed by atoms with E-state index in [1.54, 1.807) is 41.7 Å². The Kier molecular flexibility index (Phi) is 4.25. The number of ether oxygens (including phenoxy) is 1. The van der Waals surface area contributed by atoms with Crippen molar-refractivity contribution in [1.82, 2.24) is 19.3 Å². The second kappa shape index (κ2) is 6.70. The lowest BCUT2D eigenvalue weighted by Crippen LogP contribution is -2.40. The number of hydrogen-bond donors (Lipinski definition) is 1. The first-order valence-electron chi connectivity index (χ1n) is 7.93. The van der Waals surface area contributed by atoms with Crippen molar-refractivity contribution in [1.29, 1.82) is 0 Å². The third kappa shape index (κ3) is 3.29. The van der Waals surface area contributed by atoms with E-state index in [9.17, 15) is 4.79 Å². The molecule has 0 spiro atoms. The Morgan fingerprint density at radius 1 is 1.24 bits per heavy atom. The maximum atomic E-state index is 12.4. The zero-order valence-electron chi connectivity index (χ0n) is 13.4. The predicted molar refractivity (Wildman–Crippen MR) is 94.4 cm³/mol. The molecule has 1 aliphatic heterocycles. The monoisotopic (exact) mass is 357 g/mol. The summed E-state index contributed by atoms with van der Waals surface area (Å²) in [4.78, 5) is 22.9. The number of hydrogen-bond acceptors (Lipinski definition) is 5. The van der Waals surface area contributed by atoms with Crippen LogP contribution in [0.1, 0.15) is 10.4 Å². The molecule has 0 saturated carbocycles. The molecular formula is C17H16ClN5O2. The molecule has 1 N–H and O–H groups in total. The molecule has 8 heteroatoms. The van der Waals surface area contributed by atoms with Crippen LogP contribution in [0.25, 0.3) is 5.65 Å². The Morgan fingerprint density at radius 2 is 2.08 bits per heavy atom. The molecule has 3 aromatic rings. The molecule has 0 unspecified atom stereocenters. The van der Waals surface area contributed by atoms with Gasteiger partial charge in [-0.25, -0.2) is 9.97 Å². The molecule has 1 saturated heterocycles. The summed E-state index contributed by atoms with van der Waals surface area (Å²) in [5.74, 6) is 0.589. The number of amides is 1. The molecule has 0 radical (unpaired) electrons. The maximum absolute atomic E-state index is 12.4. The lowest BCUT2D eigenvalue weighted by atomic mass is 10.2. The number of morpholine rings is 1. The summed E-state index contributed by atoms with van der Waals surface area (Å²) in [7, 11) is 0. The quantitative estimate of drug-likeness (QED) is 0.780. The van der Waals surface area contributed by atoms with Crippen LogP contribution in [0.2, 0.25) is 5.02 Å². The number of anilines is 2. The van der Waals surface area contributed by atoms with Gasteiger partial charge in [0.25, 0.3) is 5.91 Å². The number of nitrogens with zero attached hydrogens (tertiary/aromatic N) is 4. The molecule has 0 bridgehead atoms. The standard InChI is InChI=1S/C17H16ClN5O2/c18-13-9-14(16-19-3-4-23(16)11-13)21-15-2-1-12(10-20-15)17(24)22-5-7-25-8-6-22/h1-4,9-11H,5-8H2,(H,20,21). The van der Waals surface area contributed by atoms with E-state index in [0.29, 0.717) is 42.7 Å². The van der Waals surface area contributed by atoms with Gasteiger partial charge >= 0.3 is 0 Å². The van der Waals surface area contributed by atoms with Gasteiger partial charge in [-0.05, 0) is 18.2 Å². The van der Waals surface area contributed by atoms with Crippen LogP contribution in [-0.4, -0.2) is 51.5 Å². The molecule has 0 aliphatic carbocycles. The molecule has 0 atom stereocenters. The van der Waals surface area contributed by atoms with Gasteiger partial charge in [0.1, 0.15) is 5.82 Å². The van der Waals surface area contributed by atoms with E-state index in [0.717, 1.165) is 11.3 Å². The van der Waals surface area contributed by atoms with Crippen LogP contribution in [0.5, 0.6) is 0 Å². The van der Waals surface area contributed by atoms with Gasteiger partial charge in [0.2, 0.25) is 0 Å². The smallest absolute Gasteiger partial charge is 0.255 e. The number of pyridine rings is 2. The van der Waals surface area contributed by atoms with Crippen LogP contribution in [0.4, 0.5) is 11.5 Å². The number of carbonyl (C=O) groups excluding carboxylic acids is 1. The molecule has 3 aromatic heterocycles. The lowest BCUT2D eigenvalue weighted by molar-refractivity contribution is 0.0302. The van der Waals surface area contributed by atoms with E-state index in [2.05, 4.69) is 15.3 Å². The molecule has 4 rings (SSSR count). The van der Waals surface area contributed by atoms with E-state index in [1.165, 1.54) is 0 Å². The van der Waals surface area contributed by atoms with Crippen molar-refractivity contribution in [3.8, 4) is 0 Å². The number of imidazole rings is 1. The van der Waals surface area contributed by atoms with Crippen molar-refractivity contribution < 1.29 is 9.53 Å². The number of fused-ring (bicyclic) bond motifs is 1. The number of nitrogens with one attached hydrogen (secondary N) is 1. The molecule has 128 valence electrons. The molecule has 25 heavy (non-hydrogen) atoms. The summed E-state index contributed by atoms with van der Waals surface area (Å²) < 4.78 is 7.11.